The molecule has 2 rings (SSSR count). The fourth-order valence-electron chi connectivity index (χ4n) is 3.12. The quantitative estimate of drug-likeness (QED) is 0.770. The van der Waals surface area contributed by atoms with E-state index in [-0.39, 0.29) is 6.04 Å². The maximum absolute atomic E-state index is 12.5. The molecule has 1 atom stereocenters. The van der Waals surface area contributed by atoms with Gasteiger partial charge in [-0.25, -0.2) is 0 Å². The molecule has 2 aliphatic heterocycles. The first-order valence-corrected chi connectivity index (χ1v) is 7.87. The van der Waals surface area contributed by atoms with Crippen LogP contribution < -0.4 is 0 Å². The number of likely N-dealkylation sites (N-methyl/N-ethyl adjacent to an activating group) is 1. The van der Waals surface area contributed by atoms with E-state index in [4.69, 9.17) is 0 Å². The minimum absolute atomic E-state index is 0.0624. The lowest BCUT2D eigenvalue weighted by atomic mass is 9.98. The number of piperidine rings is 1. The molecule has 0 N–H and O–H groups in total. The minimum Gasteiger partial charge on any atom is -0.341 e. The second kappa shape index (κ2) is 6.71. The van der Waals surface area contributed by atoms with E-state index in [0.717, 1.165) is 51.7 Å². The van der Waals surface area contributed by atoms with Crippen LogP contribution >= 0.6 is 0 Å². The van der Waals surface area contributed by atoms with Crippen LogP contribution in [0, 0.1) is 5.92 Å². The van der Waals surface area contributed by atoms with Crippen LogP contribution in [0.2, 0.25) is 0 Å². The Balaban J connectivity index is 1.82. The Morgan fingerprint density at radius 1 is 1.11 bits per heavy atom. The highest BCUT2D eigenvalue weighted by Gasteiger charge is 2.29. The van der Waals surface area contributed by atoms with E-state index in [0.29, 0.717) is 5.91 Å². The zero-order chi connectivity index (χ0) is 13.8. The molecule has 2 saturated heterocycles. The summed E-state index contributed by atoms with van der Waals surface area (Å²) in [7, 11) is 0. The van der Waals surface area contributed by atoms with Crippen LogP contribution in [0.5, 0.6) is 0 Å². The fraction of sp³-hybridized carbons (Fsp3) is 0.933. The predicted octanol–water partition coefficient (Wildman–Crippen LogP) is 1.27. The molecule has 0 bridgehead atoms. The summed E-state index contributed by atoms with van der Waals surface area (Å²) in [5.74, 6) is 1.13. The normalized spacial score (nSPS) is 25.5. The van der Waals surface area contributed by atoms with Gasteiger partial charge in [-0.1, -0.05) is 13.8 Å². The maximum Gasteiger partial charge on any atom is 0.239 e. The highest BCUT2D eigenvalue weighted by Crippen LogP contribution is 2.18. The highest BCUT2D eigenvalue weighted by atomic mass is 16.2. The van der Waals surface area contributed by atoms with Gasteiger partial charge in [-0.3, -0.25) is 9.69 Å². The number of likely N-dealkylation sites (tertiary alicyclic amines) is 1. The van der Waals surface area contributed by atoms with Crippen LogP contribution in [-0.2, 0) is 4.79 Å². The minimum atomic E-state index is 0.0624. The van der Waals surface area contributed by atoms with Gasteiger partial charge < -0.3 is 9.80 Å². The molecular formula is C15H29N3O. The molecule has 0 aliphatic carbocycles. The molecule has 4 heteroatoms. The first-order valence-electron chi connectivity index (χ1n) is 7.87. The number of carbonyl (C=O) groups excluding carboxylic acids is 1. The van der Waals surface area contributed by atoms with Crippen molar-refractivity contribution >= 4 is 5.91 Å². The van der Waals surface area contributed by atoms with Crippen molar-refractivity contribution in [1.29, 1.82) is 0 Å². The molecule has 110 valence electrons. The Morgan fingerprint density at radius 2 is 1.68 bits per heavy atom. The van der Waals surface area contributed by atoms with Gasteiger partial charge in [-0.2, -0.15) is 0 Å². The predicted molar refractivity (Wildman–Crippen MR) is 78.1 cm³/mol. The molecule has 0 radical (unpaired) electrons. The van der Waals surface area contributed by atoms with Gasteiger partial charge in [0.15, 0.2) is 0 Å². The zero-order valence-corrected chi connectivity index (χ0v) is 12.8. The standard InChI is InChI=1S/C15H29N3O/c1-4-16-9-11-17(12-10-16)14(3)15(19)18-7-5-13(2)6-8-18/h13-14H,4-12H2,1-3H3/t14-/m1/s1. The number of nitrogens with zero attached hydrogens (tertiary/aromatic N) is 3. The third-order valence-corrected chi connectivity index (χ3v) is 4.85. The van der Waals surface area contributed by atoms with Gasteiger partial charge in [0, 0.05) is 39.3 Å². The topological polar surface area (TPSA) is 26.8 Å². The second-order valence-electron chi connectivity index (χ2n) is 6.15. The Labute approximate surface area is 117 Å². The molecule has 2 heterocycles. The fourth-order valence-corrected chi connectivity index (χ4v) is 3.12. The second-order valence-corrected chi connectivity index (χ2v) is 6.15. The van der Waals surface area contributed by atoms with Crippen molar-refractivity contribution < 1.29 is 4.79 Å². The van der Waals surface area contributed by atoms with Crippen molar-refractivity contribution in [2.45, 2.75) is 39.7 Å². The lowest BCUT2D eigenvalue weighted by molar-refractivity contribution is -0.138. The monoisotopic (exact) mass is 267 g/mol. The average Bonchev–Trinajstić information content (AvgIpc) is 2.46. The van der Waals surface area contributed by atoms with Crippen LogP contribution in [-0.4, -0.2) is 72.5 Å². The molecule has 2 fully saturated rings. The third kappa shape index (κ3) is 3.69. The summed E-state index contributed by atoms with van der Waals surface area (Å²) in [4.78, 5) is 19.4. The van der Waals surface area contributed by atoms with Crippen LogP contribution in [0.4, 0.5) is 0 Å². The first kappa shape index (κ1) is 14.8. The number of amides is 1. The van der Waals surface area contributed by atoms with Gasteiger partial charge >= 0.3 is 0 Å². The molecule has 2 aliphatic rings. The van der Waals surface area contributed by atoms with Gasteiger partial charge in [0.1, 0.15) is 0 Å². The van der Waals surface area contributed by atoms with E-state index in [2.05, 4.69) is 35.5 Å². The molecule has 0 aromatic carbocycles. The lowest BCUT2D eigenvalue weighted by Gasteiger charge is -2.39. The van der Waals surface area contributed by atoms with E-state index in [1.807, 2.05) is 0 Å². The summed E-state index contributed by atoms with van der Waals surface area (Å²) in [6, 6.07) is 0.0624. The molecule has 0 aromatic rings. The molecule has 19 heavy (non-hydrogen) atoms. The largest absolute Gasteiger partial charge is 0.341 e. The van der Waals surface area contributed by atoms with E-state index in [1.54, 1.807) is 0 Å². The van der Waals surface area contributed by atoms with Gasteiger partial charge in [0.25, 0.3) is 0 Å². The van der Waals surface area contributed by atoms with Crippen molar-refractivity contribution in [2.24, 2.45) is 5.92 Å². The van der Waals surface area contributed by atoms with Crippen LogP contribution in [0.1, 0.15) is 33.6 Å². The SMILES string of the molecule is CCN1CCN([C@H](C)C(=O)N2CCC(C)CC2)CC1. The number of hydrogen-bond acceptors (Lipinski definition) is 3. The molecule has 0 unspecified atom stereocenters. The van der Waals surface area contributed by atoms with E-state index < -0.39 is 0 Å². The number of carbonyl (C=O) groups is 1. The van der Waals surface area contributed by atoms with E-state index >= 15 is 0 Å². The number of hydrogen-bond donors (Lipinski definition) is 0. The van der Waals surface area contributed by atoms with Gasteiger partial charge in [-0.15, -0.1) is 0 Å². The van der Waals surface area contributed by atoms with Crippen molar-refractivity contribution in [3.05, 3.63) is 0 Å². The van der Waals surface area contributed by atoms with Crippen LogP contribution in [0.25, 0.3) is 0 Å². The smallest absolute Gasteiger partial charge is 0.239 e. The summed E-state index contributed by atoms with van der Waals surface area (Å²) in [6.45, 7) is 13.9. The molecule has 1 amide bonds. The number of piperazine rings is 1. The summed E-state index contributed by atoms with van der Waals surface area (Å²) in [6.07, 6.45) is 2.34. The average molecular weight is 267 g/mol. The van der Waals surface area contributed by atoms with Gasteiger partial charge in [0.2, 0.25) is 5.91 Å². The van der Waals surface area contributed by atoms with Crippen molar-refractivity contribution in [3.8, 4) is 0 Å². The third-order valence-electron chi connectivity index (χ3n) is 4.85. The lowest BCUT2D eigenvalue weighted by Crippen LogP contribution is -2.55. The van der Waals surface area contributed by atoms with Gasteiger partial charge in [-0.05, 0) is 32.2 Å². The van der Waals surface area contributed by atoms with Crippen molar-refractivity contribution in [3.63, 3.8) is 0 Å². The first-order chi connectivity index (χ1) is 9.11. The van der Waals surface area contributed by atoms with E-state index in [9.17, 15) is 4.79 Å². The molecule has 0 saturated carbocycles. The summed E-state index contributed by atoms with van der Waals surface area (Å²) < 4.78 is 0. The van der Waals surface area contributed by atoms with E-state index in [1.165, 1.54) is 12.8 Å². The summed E-state index contributed by atoms with van der Waals surface area (Å²) in [5.41, 5.74) is 0. The Bertz CT molecular complexity index is 292. The zero-order valence-electron chi connectivity index (χ0n) is 12.8. The van der Waals surface area contributed by atoms with Crippen molar-refractivity contribution in [1.82, 2.24) is 14.7 Å². The Morgan fingerprint density at radius 3 is 2.21 bits per heavy atom. The molecular weight excluding hydrogens is 238 g/mol. The molecule has 4 nitrogen and oxygen atoms in total. The van der Waals surface area contributed by atoms with Crippen molar-refractivity contribution in [2.75, 3.05) is 45.8 Å². The van der Waals surface area contributed by atoms with Crippen LogP contribution in [0.3, 0.4) is 0 Å². The molecule has 0 aromatic heterocycles. The maximum atomic E-state index is 12.5. The van der Waals surface area contributed by atoms with Gasteiger partial charge in [0.05, 0.1) is 6.04 Å². The van der Waals surface area contributed by atoms with Crippen LogP contribution in [0.15, 0.2) is 0 Å². The molecule has 0 spiro atoms. The summed E-state index contributed by atoms with van der Waals surface area (Å²) in [5, 5.41) is 0. The Hall–Kier alpha value is -0.610. The highest BCUT2D eigenvalue weighted by molar-refractivity contribution is 5.81. The number of rotatable bonds is 3. The Kier molecular flexibility index (Phi) is 5.22. The summed E-state index contributed by atoms with van der Waals surface area (Å²) >= 11 is 0.